The molecule has 0 saturated carbocycles. The Balaban J connectivity index is 1.56. The molecule has 8 nitrogen and oxygen atoms in total. The molecule has 4 aromatic rings. The van der Waals surface area contributed by atoms with Crippen molar-refractivity contribution in [3.8, 4) is 34.3 Å². The number of nitrogens with zero attached hydrogens (tertiary/aromatic N) is 3. The van der Waals surface area contributed by atoms with E-state index in [1.165, 1.54) is 5.56 Å². The topological polar surface area (TPSA) is 88.4 Å². The van der Waals surface area contributed by atoms with Gasteiger partial charge >= 0.3 is 0 Å². The van der Waals surface area contributed by atoms with Crippen LogP contribution in [0.3, 0.4) is 0 Å². The quantitative estimate of drug-likeness (QED) is 0.329. The largest absolute Gasteiger partial charge is 0.490 e. The lowest BCUT2D eigenvalue weighted by Crippen LogP contribution is -2.26. The molecule has 0 saturated heterocycles. The Hall–Kier alpha value is -3.36. The van der Waals surface area contributed by atoms with Gasteiger partial charge in [-0.2, -0.15) is 4.98 Å². The van der Waals surface area contributed by atoms with Crippen LogP contribution in [0.4, 0.5) is 0 Å². The minimum Gasteiger partial charge on any atom is -0.490 e. The zero-order valence-corrected chi connectivity index (χ0v) is 19.6. The minimum atomic E-state index is 0.439. The lowest BCUT2D eigenvalue weighted by molar-refractivity contribution is 0.288. The summed E-state index contributed by atoms with van der Waals surface area (Å²) in [5.41, 5.74) is 3.98. The number of hydrogen-bond acceptors (Lipinski definition) is 7. The number of aromatic amines is 1. The standard InChI is InChI=1S/C25H31N5O3/c1-5-31-22-10-8-18(14-23(22)32-6-2)25-28-24(29-33-25)17-7-9-21-20(13-17)19(16-27-21)15-26-11-12-30(3)4/h7-10,13-14,16,26-27H,5-6,11-12,15H2,1-4H3. The molecule has 0 amide bonds. The highest BCUT2D eigenvalue weighted by molar-refractivity contribution is 5.87. The number of hydrogen-bond donors (Lipinski definition) is 2. The number of H-pyrrole nitrogens is 1. The van der Waals surface area contributed by atoms with E-state index in [2.05, 4.69) is 45.5 Å². The average molecular weight is 450 g/mol. The molecule has 0 aliphatic rings. The molecule has 4 rings (SSSR count). The van der Waals surface area contributed by atoms with Crippen molar-refractivity contribution in [1.29, 1.82) is 0 Å². The number of ether oxygens (including phenoxy) is 2. The number of rotatable bonds is 11. The van der Waals surface area contributed by atoms with Crippen LogP contribution in [0.15, 0.2) is 47.1 Å². The molecule has 33 heavy (non-hydrogen) atoms. The van der Waals surface area contributed by atoms with Gasteiger partial charge in [0.2, 0.25) is 5.82 Å². The first kappa shape index (κ1) is 22.8. The maximum Gasteiger partial charge on any atom is 0.258 e. The third-order valence-electron chi connectivity index (χ3n) is 5.29. The van der Waals surface area contributed by atoms with E-state index in [0.29, 0.717) is 36.4 Å². The van der Waals surface area contributed by atoms with Crippen LogP contribution in [0.5, 0.6) is 11.5 Å². The van der Waals surface area contributed by atoms with E-state index in [1.807, 2.05) is 50.4 Å². The predicted molar refractivity (Wildman–Crippen MR) is 130 cm³/mol. The predicted octanol–water partition coefficient (Wildman–Crippen LogP) is 4.33. The molecule has 174 valence electrons. The van der Waals surface area contributed by atoms with E-state index < -0.39 is 0 Å². The Bertz CT molecular complexity index is 1200. The van der Waals surface area contributed by atoms with Gasteiger partial charge < -0.3 is 29.2 Å². The van der Waals surface area contributed by atoms with Crippen LogP contribution >= 0.6 is 0 Å². The molecule has 0 fully saturated rings. The first-order valence-electron chi connectivity index (χ1n) is 11.3. The second-order valence-corrected chi connectivity index (χ2v) is 8.01. The minimum absolute atomic E-state index is 0.439. The van der Waals surface area contributed by atoms with Gasteiger partial charge in [0, 0.05) is 47.9 Å². The highest BCUT2D eigenvalue weighted by atomic mass is 16.5. The second kappa shape index (κ2) is 10.5. The molecule has 0 aliphatic carbocycles. The van der Waals surface area contributed by atoms with Gasteiger partial charge in [-0.1, -0.05) is 5.16 Å². The van der Waals surface area contributed by atoms with Crippen molar-refractivity contribution < 1.29 is 14.0 Å². The van der Waals surface area contributed by atoms with Gasteiger partial charge in [-0.05, 0) is 69.9 Å². The Morgan fingerprint density at radius 2 is 1.79 bits per heavy atom. The van der Waals surface area contributed by atoms with Gasteiger partial charge in [-0.3, -0.25) is 0 Å². The van der Waals surface area contributed by atoms with Gasteiger partial charge in [-0.15, -0.1) is 0 Å². The van der Waals surface area contributed by atoms with Crippen LogP contribution in [0.2, 0.25) is 0 Å². The molecule has 8 heteroatoms. The Kier molecular flexibility index (Phi) is 7.26. The first-order chi connectivity index (χ1) is 16.1. The van der Waals surface area contributed by atoms with Gasteiger partial charge in [0.1, 0.15) is 0 Å². The number of likely N-dealkylation sites (N-methyl/N-ethyl adjacent to an activating group) is 1. The second-order valence-electron chi connectivity index (χ2n) is 8.01. The summed E-state index contributed by atoms with van der Waals surface area (Å²) >= 11 is 0. The summed E-state index contributed by atoms with van der Waals surface area (Å²) in [6.45, 7) is 7.72. The number of nitrogens with one attached hydrogen (secondary N) is 2. The number of fused-ring (bicyclic) bond motifs is 1. The fraction of sp³-hybridized carbons (Fsp3) is 0.360. The summed E-state index contributed by atoms with van der Waals surface area (Å²) in [5, 5.41) is 8.86. The lowest BCUT2D eigenvalue weighted by atomic mass is 10.1. The summed E-state index contributed by atoms with van der Waals surface area (Å²) in [4.78, 5) is 10.1. The van der Waals surface area contributed by atoms with E-state index in [-0.39, 0.29) is 0 Å². The maximum atomic E-state index is 5.72. The normalized spacial score (nSPS) is 11.4. The van der Waals surface area contributed by atoms with E-state index in [0.717, 1.165) is 41.7 Å². The van der Waals surface area contributed by atoms with Gasteiger partial charge in [0.15, 0.2) is 11.5 Å². The zero-order valence-electron chi connectivity index (χ0n) is 19.6. The van der Waals surface area contributed by atoms with Crippen molar-refractivity contribution in [2.75, 3.05) is 40.4 Å². The van der Waals surface area contributed by atoms with Gasteiger partial charge in [-0.25, -0.2) is 0 Å². The Morgan fingerprint density at radius 1 is 1.00 bits per heavy atom. The SMILES string of the molecule is CCOc1ccc(-c2nc(-c3ccc4[nH]cc(CNCCN(C)C)c4c3)no2)cc1OCC. The van der Waals surface area contributed by atoms with Crippen LogP contribution in [0, 0.1) is 0 Å². The lowest BCUT2D eigenvalue weighted by Gasteiger charge is -2.11. The molecular formula is C25H31N5O3. The maximum absolute atomic E-state index is 5.72. The number of benzene rings is 2. The molecule has 2 N–H and O–H groups in total. The average Bonchev–Trinajstić information content (AvgIpc) is 3.45. The van der Waals surface area contributed by atoms with Crippen molar-refractivity contribution in [3.05, 3.63) is 48.2 Å². The Labute approximate surface area is 193 Å². The summed E-state index contributed by atoms with van der Waals surface area (Å²) in [6.07, 6.45) is 2.05. The van der Waals surface area contributed by atoms with E-state index in [9.17, 15) is 0 Å². The van der Waals surface area contributed by atoms with Crippen molar-refractivity contribution in [2.24, 2.45) is 0 Å². The Morgan fingerprint density at radius 3 is 2.58 bits per heavy atom. The van der Waals surface area contributed by atoms with Gasteiger partial charge in [0.05, 0.1) is 13.2 Å². The molecule has 0 spiro atoms. The molecule has 0 atom stereocenters. The van der Waals surface area contributed by atoms with Crippen molar-refractivity contribution >= 4 is 10.9 Å². The molecule has 0 radical (unpaired) electrons. The fourth-order valence-corrected chi connectivity index (χ4v) is 3.63. The van der Waals surface area contributed by atoms with Crippen molar-refractivity contribution in [1.82, 2.24) is 25.3 Å². The molecule has 2 heterocycles. The van der Waals surface area contributed by atoms with Crippen LogP contribution in [0.25, 0.3) is 33.7 Å². The molecule has 2 aromatic carbocycles. The van der Waals surface area contributed by atoms with Crippen LogP contribution in [0.1, 0.15) is 19.4 Å². The molecule has 0 unspecified atom stereocenters. The van der Waals surface area contributed by atoms with Crippen LogP contribution in [-0.2, 0) is 6.54 Å². The fourth-order valence-electron chi connectivity index (χ4n) is 3.63. The highest BCUT2D eigenvalue weighted by Crippen LogP contribution is 2.33. The third-order valence-corrected chi connectivity index (χ3v) is 5.29. The monoisotopic (exact) mass is 449 g/mol. The van der Waals surface area contributed by atoms with Crippen LogP contribution in [-0.4, -0.2) is 60.4 Å². The molecule has 2 aromatic heterocycles. The first-order valence-corrected chi connectivity index (χ1v) is 11.3. The summed E-state index contributed by atoms with van der Waals surface area (Å²) in [6, 6.07) is 11.8. The van der Waals surface area contributed by atoms with Crippen molar-refractivity contribution in [3.63, 3.8) is 0 Å². The summed E-state index contributed by atoms with van der Waals surface area (Å²) < 4.78 is 16.9. The van der Waals surface area contributed by atoms with Crippen LogP contribution < -0.4 is 14.8 Å². The van der Waals surface area contributed by atoms with Gasteiger partial charge in [0.25, 0.3) is 5.89 Å². The molecular weight excluding hydrogens is 418 g/mol. The van der Waals surface area contributed by atoms with E-state index >= 15 is 0 Å². The number of aromatic nitrogens is 3. The molecule has 0 aliphatic heterocycles. The van der Waals surface area contributed by atoms with E-state index in [4.69, 9.17) is 14.0 Å². The van der Waals surface area contributed by atoms with Crippen molar-refractivity contribution in [2.45, 2.75) is 20.4 Å². The highest BCUT2D eigenvalue weighted by Gasteiger charge is 2.15. The smallest absolute Gasteiger partial charge is 0.258 e. The summed E-state index contributed by atoms with van der Waals surface area (Å²) in [7, 11) is 4.15. The third kappa shape index (κ3) is 5.35. The molecule has 0 bridgehead atoms. The zero-order chi connectivity index (χ0) is 23.2. The van der Waals surface area contributed by atoms with E-state index in [1.54, 1.807) is 0 Å². The summed E-state index contributed by atoms with van der Waals surface area (Å²) in [5.74, 6) is 2.35.